The minimum absolute atomic E-state index is 0.00363. The first-order chi connectivity index (χ1) is 11.7. The molecule has 3 aromatic rings. The van der Waals surface area contributed by atoms with Crippen molar-refractivity contribution in [3.05, 3.63) is 65.3 Å². The molecule has 0 aliphatic rings. The van der Waals surface area contributed by atoms with Gasteiger partial charge < -0.3 is 5.73 Å². The molecule has 0 unspecified atom stereocenters. The van der Waals surface area contributed by atoms with Gasteiger partial charge in [-0.15, -0.1) is 0 Å². The molecular formula is C17H10ClF3N3O. The van der Waals surface area contributed by atoms with Crippen LogP contribution in [-0.4, -0.2) is 22.1 Å². The van der Waals surface area contributed by atoms with Crippen molar-refractivity contribution in [3.8, 4) is 11.3 Å². The first-order valence-corrected chi connectivity index (χ1v) is 7.40. The lowest BCUT2D eigenvalue weighted by molar-refractivity contribution is -0.0927. The van der Waals surface area contributed by atoms with Gasteiger partial charge in [-0.25, -0.2) is 4.98 Å². The fraction of sp³-hybridized carbons (Fsp3) is 0.0588. The summed E-state index contributed by atoms with van der Waals surface area (Å²) in [7, 11) is 0. The van der Waals surface area contributed by atoms with Crippen LogP contribution >= 0.6 is 11.6 Å². The molecule has 2 heterocycles. The molecule has 1 aromatic carbocycles. The van der Waals surface area contributed by atoms with Gasteiger partial charge in [-0.3, -0.25) is 9.78 Å². The number of aromatic nitrogens is 2. The lowest BCUT2D eigenvalue weighted by Gasteiger charge is -2.13. The Morgan fingerprint density at radius 3 is 2.56 bits per heavy atom. The van der Waals surface area contributed by atoms with E-state index in [4.69, 9.17) is 17.3 Å². The van der Waals surface area contributed by atoms with Gasteiger partial charge in [0.15, 0.2) is 0 Å². The topological polar surface area (TPSA) is 68.9 Å². The molecule has 8 heteroatoms. The number of alkyl halides is 3. The zero-order chi connectivity index (χ0) is 18.2. The minimum Gasteiger partial charge on any atom is -0.364 e. The molecule has 0 atom stereocenters. The van der Waals surface area contributed by atoms with Crippen LogP contribution in [0, 0.1) is 6.42 Å². The van der Waals surface area contributed by atoms with Crippen molar-refractivity contribution in [2.45, 2.75) is 6.18 Å². The van der Waals surface area contributed by atoms with E-state index in [0.29, 0.717) is 21.5 Å². The maximum Gasteiger partial charge on any atom is 0.396 e. The van der Waals surface area contributed by atoms with Gasteiger partial charge in [-0.05, 0) is 29.8 Å². The molecule has 0 fully saturated rings. The molecule has 2 aromatic heterocycles. The average molecular weight is 365 g/mol. The first-order valence-electron chi connectivity index (χ1n) is 7.03. The first kappa shape index (κ1) is 17.2. The van der Waals surface area contributed by atoms with Gasteiger partial charge in [-0.2, -0.15) is 13.2 Å². The van der Waals surface area contributed by atoms with Crippen molar-refractivity contribution in [1.82, 2.24) is 9.97 Å². The second-order valence-corrected chi connectivity index (χ2v) is 5.63. The van der Waals surface area contributed by atoms with E-state index in [9.17, 15) is 18.0 Å². The van der Waals surface area contributed by atoms with Gasteiger partial charge in [0.25, 0.3) is 5.91 Å². The van der Waals surface area contributed by atoms with Crippen LogP contribution in [0.4, 0.5) is 13.2 Å². The molecule has 3 rings (SSSR count). The number of rotatable bonds is 3. The average Bonchev–Trinajstić information content (AvgIpc) is 2.53. The number of carbonyl (C=O) groups excluding carboxylic acids is 1. The van der Waals surface area contributed by atoms with Gasteiger partial charge in [0.1, 0.15) is 5.69 Å². The zero-order valence-electron chi connectivity index (χ0n) is 12.5. The molecule has 0 saturated heterocycles. The van der Waals surface area contributed by atoms with Crippen LogP contribution in [0.2, 0.25) is 5.02 Å². The Balaban J connectivity index is 2.21. The third-order valence-corrected chi connectivity index (χ3v) is 3.74. The number of amides is 1. The summed E-state index contributed by atoms with van der Waals surface area (Å²) in [5, 5.41) is 0.799. The zero-order valence-corrected chi connectivity index (χ0v) is 13.3. The molecular weight excluding hydrogens is 355 g/mol. The van der Waals surface area contributed by atoms with E-state index in [1.165, 1.54) is 24.4 Å². The molecule has 0 bridgehead atoms. The lowest BCUT2D eigenvalue weighted by atomic mass is 10.0. The third-order valence-electron chi connectivity index (χ3n) is 3.43. The molecule has 1 radical (unpaired) electrons. The highest BCUT2D eigenvalue weighted by atomic mass is 35.5. The molecule has 0 saturated carbocycles. The number of primary amides is 1. The number of nitrogens with two attached hydrogens (primary N) is 1. The quantitative estimate of drug-likeness (QED) is 0.758. The summed E-state index contributed by atoms with van der Waals surface area (Å²) in [6.45, 7) is 0. The monoisotopic (exact) mass is 364 g/mol. The van der Waals surface area contributed by atoms with Crippen LogP contribution in [0.15, 0.2) is 42.6 Å². The number of hydrogen-bond acceptors (Lipinski definition) is 3. The third kappa shape index (κ3) is 3.71. The van der Waals surface area contributed by atoms with Crippen LogP contribution in [0.25, 0.3) is 22.2 Å². The van der Waals surface area contributed by atoms with E-state index in [1.807, 2.05) is 0 Å². The maximum absolute atomic E-state index is 12.9. The number of benzene rings is 1. The van der Waals surface area contributed by atoms with Crippen LogP contribution < -0.4 is 5.73 Å². The number of halogens is 4. The summed E-state index contributed by atoms with van der Waals surface area (Å²) in [5.41, 5.74) is 5.73. The number of nitrogens with zero attached hydrogens (tertiary/aromatic N) is 2. The highest BCUT2D eigenvalue weighted by Crippen LogP contribution is 2.33. The van der Waals surface area contributed by atoms with E-state index in [2.05, 4.69) is 9.97 Å². The molecule has 0 aliphatic heterocycles. The Bertz CT molecular complexity index is 956. The standard InChI is InChI=1S/C17H10ClF3N3O/c18-12-3-1-2-9-6-11(7-17(19,20)21)14(24-15(9)12)10-4-5-13(16(22)25)23-8-10/h1-8H,(H2,22,25). The van der Waals surface area contributed by atoms with Crippen molar-refractivity contribution in [2.75, 3.05) is 0 Å². The van der Waals surface area contributed by atoms with E-state index >= 15 is 0 Å². The Morgan fingerprint density at radius 2 is 1.96 bits per heavy atom. The fourth-order valence-electron chi connectivity index (χ4n) is 2.38. The SMILES string of the molecule is NC(=O)c1ccc(-c2nc3c(Cl)cccc3cc2[CH]C(F)(F)F)cn1. The summed E-state index contributed by atoms with van der Waals surface area (Å²) in [4.78, 5) is 19.2. The lowest BCUT2D eigenvalue weighted by Crippen LogP contribution is -2.13. The van der Waals surface area contributed by atoms with E-state index in [-0.39, 0.29) is 23.4 Å². The second kappa shape index (κ2) is 6.33. The number of carbonyl (C=O) groups is 1. The van der Waals surface area contributed by atoms with Gasteiger partial charge >= 0.3 is 6.18 Å². The number of fused-ring (bicyclic) bond motifs is 1. The van der Waals surface area contributed by atoms with Crippen LogP contribution in [-0.2, 0) is 0 Å². The van der Waals surface area contributed by atoms with Crippen molar-refractivity contribution in [3.63, 3.8) is 0 Å². The van der Waals surface area contributed by atoms with E-state index in [1.54, 1.807) is 18.2 Å². The predicted octanol–water partition coefficient (Wildman–Crippen LogP) is 4.16. The summed E-state index contributed by atoms with van der Waals surface area (Å²) in [6.07, 6.45) is -3.11. The summed E-state index contributed by atoms with van der Waals surface area (Å²) in [6, 6.07) is 8.98. The van der Waals surface area contributed by atoms with E-state index in [0.717, 1.165) is 0 Å². The molecule has 2 N–H and O–H groups in total. The second-order valence-electron chi connectivity index (χ2n) is 5.22. The Hall–Kier alpha value is -2.67. The fourth-order valence-corrected chi connectivity index (χ4v) is 2.60. The summed E-state index contributed by atoms with van der Waals surface area (Å²) >= 11 is 6.10. The molecule has 127 valence electrons. The molecule has 25 heavy (non-hydrogen) atoms. The van der Waals surface area contributed by atoms with Gasteiger partial charge in [-0.1, -0.05) is 23.7 Å². The van der Waals surface area contributed by atoms with Crippen molar-refractivity contribution < 1.29 is 18.0 Å². The van der Waals surface area contributed by atoms with Crippen molar-refractivity contribution >= 4 is 28.4 Å². The highest BCUT2D eigenvalue weighted by Gasteiger charge is 2.30. The van der Waals surface area contributed by atoms with Crippen LogP contribution in [0.5, 0.6) is 0 Å². The van der Waals surface area contributed by atoms with Crippen molar-refractivity contribution in [2.24, 2.45) is 5.73 Å². The smallest absolute Gasteiger partial charge is 0.364 e. The van der Waals surface area contributed by atoms with Gasteiger partial charge in [0.05, 0.1) is 22.7 Å². The largest absolute Gasteiger partial charge is 0.396 e. The molecule has 0 spiro atoms. The Morgan fingerprint density at radius 1 is 1.20 bits per heavy atom. The van der Waals surface area contributed by atoms with Gasteiger partial charge in [0.2, 0.25) is 0 Å². The normalized spacial score (nSPS) is 11.7. The molecule has 0 aliphatic carbocycles. The molecule has 1 amide bonds. The van der Waals surface area contributed by atoms with Crippen molar-refractivity contribution in [1.29, 1.82) is 0 Å². The minimum atomic E-state index is -4.52. The summed E-state index contributed by atoms with van der Waals surface area (Å²) < 4.78 is 38.7. The van der Waals surface area contributed by atoms with Crippen LogP contribution in [0.1, 0.15) is 16.1 Å². The number of pyridine rings is 2. The Kier molecular flexibility index (Phi) is 4.34. The Labute approximate surface area is 145 Å². The molecule has 4 nitrogen and oxygen atoms in total. The van der Waals surface area contributed by atoms with E-state index < -0.39 is 12.1 Å². The van der Waals surface area contributed by atoms with Gasteiger partial charge in [0, 0.05) is 17.1 Å². The van der Waals surface area contributed by atoms with Crippen LogP contribution in [0.3, 0.4) is 0 Å². The number of hydrogen-bond donors (Lipinski definition) is 1. The number of para-hydroxylation sites is 1. The maximum atomic E-state index is 12.9. The highest BCUT2D eigenvalue weighted by molar-refractivity contribution is 6.35. The summed E-state index contributed by atoms with van der Waals surface area (Å²) in [5.74, 6) is -0.733. The predicted molar refractivity (Wildman–Crippen MR) is 88.0 cm³/mol.